The van der Waals surface area contributed by atoms with Crippen LogP contribution < -0.4 is 10.2 Å². The van der Waals surface area contributed by atoms with Crippen LogP contribution in [0.2, 0.25) is 0 Å². The number of nitrogens with one attached hydrogen (secondary N) is 1. The molecule has 0 saturated heterocycles. The number of aliphatic hydroxyl groups is 1. The summed E-state index contributed by atoms with van der Waals surface area (Å²) in [6.07, 6.45) is 0.459. The van der Waals surface area contributed by atoms with Gasteiger partial charge in [-0.15, -0.1) is 0 Å². The topological polar surface area (TPSA) is 57.1 Å². The Morgan fingerprint density at radius 3 is 2.87 bits per heavy atom. The molecule has 1 aromatic carbocycles. The molecule has 2 rings (SSSR count). The fraction of sp³-hybridized carbons (Fsp3) is 0.611. The van der Waals surface area contributed by atoms with Crippen LogP contribution in [0.4, 0.5) is 5.69 Å². The normalized spacial score (nSPS) is 15.9. The Labute approximate surface area is 139 Å². The smallest absolute Gasteiger partial charge is 0.198 e. The maximum atomic E-state index is 10.0. The van der Waals surface area contributed by atoms with E-state index in [-0.39, 0.29) is 0 Å². The zero-order chi connectivity index (χ0) is 16.7. The van der Waals surface area contributed by atoms with E-state index in [4.69, 9.17) is 4.74 Å². The van der Waals surface area contributed by atoms with Crippen molar-refractivity contribution in [2.45, 2.75) is 33.3 Å². The number of nitrogens with zero attached hydrogens (tertiary/aromatic N) is 2. The second-order valence-corrected chi connectivity index (χ2v) is 6.31. The minimum absolute atomic E-state index is 0.331. The number of ether oxygens (including phenoxy) is 1. The van der Waals surface area contributed by atoms with E-state index in [0.717, 1.165) is 25.5 Å². The first kappa shape index (κ1) is 17.8. The summed E-state index contributed by atoms with van der Waals surface area (Å²) in [5.41, 5.74) is 2.55. The van der Waals surface area contributed by atoms with Crippen LogP contribution in [0.15, 0.2) is 29.3 Å². The molecule has 1 aromatic rings. The van der Waals surface area contributed by atoms with Crippen molar-refractivity contribution in [2.24, 2.45) is 10.9 Å². The number of anilines is 1. The Kier molecular flexibility index (Phi) is 6.86. The number of fused-ring (bicyclic) bond motifs is 1. The first-order chi connectivity index (χ1) is 11.1. The van der Waals surface area contributed by atoms with Crippen molar-refractivity contribution in [3.8, 4) is 0 Å². The molecule has 23 heavy (non-hydrogen) atoms. The van der Waals surface area contributed by atoms with Crippen molar-refractivity contribution in [3.63, 3.8) is 0 Å². The van der Waals surface area contributed by atoms with E-state index >= 15 is 0 Å². The standard InChI is InChI=1S/C18H29N3O2/c1-4-19-18(20-11-16(22)13-23-12-14(2)3)21-10-9-15-7-5-6-8-17(15)21/h5-8,14,16,22H,4,9-13H2,1-3H3,(H,19,20). The molecule has 0 amide bonds. The van der Waals surface area contributed by atoms with E-state index in [2.05, 4.69) is 60.2 Å². The van der Waals surface area contributed by atoms with Crippen LogP contribution in [-0.2, 0) is 11.2 Å². The van der Waals surface area contributed by atoms with Gasteiger partial charge in [-0.3, -0.25) is 4.99 Å². The molecule has 1 heterocycles. The number of hydrogen-bond donors (Lipinski definition) is 2. The molecule has 1 aliphatic heterocycles. The predicted octanol–water partition coefficient (Wildman–Crippen LogP) is 2.05. The zero-order valence-corrected chi connectivity index (χ0v) is 14.5. The zero-order valence-electron chi connectivity index (χ0n) is 14.5. The monoisotopic (exact) mass is 319 g/mol. The van der Waals surface area contributed by atoms with Gasteiger partial charge in [-0.25, -0.2) is 0 Å². The average molecular weight is 319 g/mol. The molecule has 0 fully saturated rings. The quantitative estimate of drug-likeness (QED) is 0.596. The maximum Gasteiger partial charge on any atom is 0.198 e. The van der Waals surface area contributed by atoms with Gasteiger partial charge in [0.25, 0.3) is 0 Å². The Morgan fingerprint density at radius 2 is 2.13 bits per heavy atom. The average Bonchev–Trinajstić information content (AvgIpc) is 2.95. The van der Waals surface area contributed by atoms with Gasteiger partial charge in [0.1, 0.15) is 0 Å². The van der Waals surface area contributed by atoms with Gasteiger partial charge < -0.3 is 20.1 Å². The van der Waals surface area contributed by atoms with Crippen molar-refractivity contribution in [3.05, 3.63) is 29.8 Å². The summed E-state index contributed by atoms with van der Waals surface area (Å²) < 4.78 is 5.48. The first-order valence-electron chi connectivity index (χ1n) is 8.51. The minimum atomic E-state index is -0.569. The number of guanidine groups is 1. The molecule has 1 atom stereocenters. The number of rotatable bonds is 7. The van der Waals surface area contributed by atoms with Crippen LogP contribution in [0.3, 0.4) is 0 Å². The van der Waals surface area contributed by atoms with E-state index in [1.165, 1.54) is 11.3 Å². The van der Waals surface area contributed by atoms with Crippen molar-refractivity contribution in [1.82, 2.24) is 5.32 Å². The van der Waals surface area contributed by atoms with Gasteiger partial charge in [-0.2, -0.15) is 0 Å². The van der Waals surface area contributed by atoms with E-state index in [1.54, 1.807) is 0 Å². The molecule has 0 saturated carbocycles. The van der Waals surface area contributed by atoms with Crippen molar-refractivity contribution >= 4 is 11.6 Å². The van der Waals surface area contributed by atoms with Gasteiger partial charge in [-0.05, 0) is 30.9 Å². The predicted molar refractivity (Wildman–Crippen MR) is 95.1 cm³/mol. The van der Waals surface area contributed by atoms with Gasteiger partial charge in [0.2, 0.25) is 0 Å². The first-order valence-corrected chi connectivity index (χ1v) is 8.51. The molecule has 128 valence electrons. The summed E-state index contributed by atoms with van der Waals surface area (Å²) in [6, 6.07) is 8.41. The number of aliphatic imine (C=N–C) groups is 1. The lowest BCUT2D eigenvalue weighted by Crippen LogP contribution is -2.41. The molecule has 1 unspecified atom stereocenters. The summed E-state index contributed by atoms with van der Waals surface area (Å²) >= 11 is 0. The van der Waals surface area contributed by atoms with Crippen LogP contribution in [0.5, 0.6) is 0 Å². The van der Waals surface area contributed by atoms with Crippen molar-refractivity contribution < 1.29 is 9.84 Å². The molecule has 1 aliphatic rings. The van der Waals surface area contributed by atoms with E-state index < -0.39 is 6.10 Å². The van der Waals surface area contributed by atoms with Crippen LogP contribution in [-0.4, -0.2) is 50.0 Å². The fourth-order valence-corrected chi connectivity index (χ4v) is 2.64. The largest absolute Gasteiger partial charge is 0.389 e. The molecule has 5 heteroatoms. The van der Waals surface area contributed by atoms with Crippen molar-refractivity contribution in [2.75, 3.05) is 37.7 Å². The summed E-state index contributed by atoms with van der Waals surface area (Å²) in [4.78, 5) is 6.79. The number of para-hydroxylation sites is 1. The highest BCUT2D eigenvalue weighted by Gasteiger charge is 2.22. The molecular formula is C18H29N3O2. The van der Waals surface area contributed by atoms with Gasteiger partial charge in [0.05, 0.1) is 19.3 Å². The summed E-state index contributed by atoms with van der Waals surface area (Å²) in [5, 5.41) is 13.4. The van der Waals surface area contributed by atoms with E-state index in [1.807, 2.05) is 0 Å². The molecule has 0 spiro atoms. The highest BCUT2D eigenvalue weighted by atomic mass is 16.5. The van der Waals surface area contributed by atoms with Crippen LogP contribution in [0, 0.1) is 5.92 Å². The molecule has 0 bridgehead atoms. The van der Waals surface area contributed by atoms with Gasteiger partial charge >= 0.3 is 0 Å². The molecule has 0 aromatic heterocycles. The van der Waals surface area contributed by atoms with Gasteiger partial charge in [0, 0.05) is 25.4 Å². The molecular weight excluding hydrogens is 290 g/mol. The third-order valence-corrected chi connectivity index (χ3v) is 3.69. The maximum absolute atomic E-state index is 10.0. The van der Waals surface area contributed by atoms with Gasteiger partial charge in [0.15, 0.2) is 5.96 Å². The molecule has 2 N–H and O–H groups in total. The Hall–Kier alpha value is -1.59. The molecule has 0 aliphatic carbocycles. The lowest BCUT2D eigenvalue weighted by molar-refractivity contribution is 0.0301. The van der Waals surface area contributed by atoms with Crippen LogP contribution in [0.25, 0.3) is 0 Å². The highest BCUT2D eigenvalue weighted by molar-refractivity contribution is 5.97. The van der Waals surface area contributed by atoms with E-state index in [0.29, 0.717) is 25.7 Å². The minimum Gasteiger partial charge on any atom is -0.389 e. The SMILES string of the molecule is CCNC(=NCC(O)COCC(C)C)N1CCc2ccccc21. The van der Waals surface area contributed by atoms with Gasteiger partial charge in [-0.1, -0.05) is 32.0 Å². The molecule has 0 radical (unpaired) electrons. The number of benzene rings is 1. The Bertz CT molecular complexity index is 517. The number of aliphatic hydroxyl groups excluding tert-OH is 1. The third kappa shape index (κ3) is 5.22. The van der Waals surface area contributed by atoms with Crippen LogP contribution >= 0.6 is 0 Å². The van der Waals surface area contributed by atoms with Crippen molar-refractivity contribution in [1.29, 1.82) is 0 Å². The second kappa shape index (κ2) is 8.89. The van der Waals surface area contributed by atoms with E-state index in [9.17, 15) is 5.11 Å². The second-order valence-electron chi connectivity index (χ2n) is 6.31. The summed E-state index contributed by atoms with van der Waals surface area (Å²) in [5.74, 6) is 1.31. The Morgan fingerprint density at radius 1 is 1.35 bits per heavy atom. The summed E-state index contributed by atoms with van der Waals surface area (Å²) in [6.45, 7) is 9.32. The molecule has 5 nitrogen and oxygen atoms in total. The van der Waals surface area contributed by atoms with Crippen LogP contribution in [0.1, 0.15) is 26.3 Å². The third-order valence-electron chi connectivity index (χ3n) is 3.69. The fourth-order valence-electron chi connectivity index (χ4n) is 2.64. The highest BCUT2D eigenvalue weighted by Crippen LogP contribution is 2.27. The lowest BCUT2D eigenvalue weighted by Gasteiger charge is -2.22. The lowest BCUT2D eigenvalue weighted by atomic mass is 10.2. The summed E-state index contributed by atoms with van der Waals surface area (Å²) in [7, 11) is 0. The number of hydrogen-bond acceptors (Lipinski definition) is 3. The Balaban J connectivity index is 1.96.